The Morgan fingerprint density at radius 3 is 1.87 bits per heavy atom. The minimum absolute atomic E-state index is 0.492. The molecular weight excluding hydrogens is 748 g/mol. The van der Waals surface area contributed by atoms with Gasteiger partial charge in [-0.1, -0.05) is 72.3 Å². The zero-order chi connectivity index (χ0) is 33.1. The summed E-state index contributed by atoms with van der Waals surface area (Å²) < 4.78 is 10.4. The van der Waals surface area contributed by atoms with Crippen molar-refractivity contribution >= 4 is 72.4 Å². The first-order valence-corrected chi connectivity index (χ1v) is 16.3. The van der Waals surface area contributed by atoms with Crippen molar-refractivity contribution in [3.63, 3.8) is 0 Å². The highest BCUT2D eigenvalue weighted by Crippen LogP contribution is 2.33. The van der Waals surface area contributed by atoms with E-state index in [1.54, 1.807) is 46.0 Å². The number of ether oxygens (including phenoxy) is 1. The largest absolute Gasteiger partial charge is 0.443 e. The lowest BCUT2D eigenvalue weighted by Crippen LogP contribution is -2.35. The van der Waals surface area contributed by atoms with Gasteiger partial charge in [0, 0.05) is 29.5 Å². The van der Waals surface area contributed by atoms with Crippen molar-refractivity contribution in [3.8, 4) is 22.5 Å². The molecule has 0 saturated carbocycles. The van der Waals surface area contributed by atoms with Crippen molar-refractivity contribution in [2.24, 2.45) is 0 Å². The summed E-state index contributed by atoms with van der Waals surface area (Å²) >= 11 is 13.1. The number of pyridine rings is 1. The van der Waals surface area contributed by atoms with Gasteiger partial charge in [0.2, 0.25) is 0 Å². The maximum atomic E-state index is 13.3. The normalized spacial score (nSPS) is 11.3. The van der Waals surface area contributed by atoms with Gasteiger partial charge in [-0.05, 0) is 64.8 Å². The second kappa shape index (κ2) is 13.6. The number of carbonyl (C=O) groups excluding carboxylic acids is 1. The smallest absolute Gasteiger partial charge is 0.420 e. The van der Waals surface area contributed by atoms with Crippen molar-refractivity contribution in [1.29, 1.82) is 0 Å². The molecule has 5 heterocycles. The van der Waals surface area contributed by atoms with Crippen LogP contribution in [0.2, 0.25) is 5.15 Å². The van der Waals surface area contributed by atoms with Gasteiger partial charge in [0.15, 0.2) is 11.3 Å². The predicted molar refractivity (Wildman–Crippen MR) is 190 cm³/mol. The first-order valence-electron chi connectivity index (χ1n) is 14.4. The van der Waals surface area contributed by atoms with E-state index in [1.165, 1.54) is 4.90 Å². The summed E-state index contributed by atoms with van der Waals surface area (Å²) in [6.45, 7) is 5.48. The molecule has 10 nitrogen and oxygen atoms in total. The summed E-state index contributed by atoms with van der Waals surface area (Å²) in [5.41, 5.74) is 4.69. The highest BCUT2D eigenvalue weighted by molar-refractivity contribution is 9.11. The number of rotatable bonds is 4. The molecule has 0 N–H and O–H groups in total. The number of fused-ring (bicyclic) bond motifs is 2. The summed E-state index contributed by atoms with van der Waals surface area (Å²) in [5, 5.41) is 9.08. The van der Waals surface area contributed by atoms with Gasteiger partial charge in [0.05, 0.1) is 44.6 Å². The molecular formula is C34H27Br2ClN8O2. The highest BCUT2D eigenvalue weighted by atomic mass is 79.9. The van der Waals surface area contributed by atoms with Gasteiger partial charge in [0.25, 0.3) is 0 Å². The third-order valence-corrected chi connectivity index (χ3v) is 8.03. The van der Waals surface area contributed by atoms with E-state index in [0.29, 0.717) is 28.0 Å². The Labute approximate surface area is 292 Å². The van der Waals surface area contributed by atoms with Crippen LogP contribution >= 0.6 is 43.5 Å². The van der Waals surface area contributed by atoms with Gasteiger partial charge in [-0.25, -0.2) is 24.2 Å². The van der Waals surface area contributed by atoms with E-state index in [2.05, 4.69) is 52.0 Å². The molecule has 0 atom stereocenters. The second-order valence-electron chi connectivity index (χ2n) is 11.2. The van der Waals surface area contributed by atoms with E-state index in [-0.39, 0.29) is 0 Å². The molecule has 7 aromatic rings. The number of hydrogen-bond acceptors (Lipinski definition) is 7. The van der Waals surface area contributed by atoms with Crippen LogP contribution in [0.1, 0.15) is 20.8 Å². The molecule has 0 spiro atoms. The molecule has 2 aromatic carbocycles. The Hall–Kier alpha value is -4.65. The predicted octanol–water partition coefficient (Wildman–Crippen LogP) is 9.44. The van der Waals surface area contributed by atoms with Gasteiger partial charge < -0.3 is 4.74 Å². The van der Waals surface area contributed by atoms with Crippen LogP contribution in [0.3, 0.4) is 0 Å². The summed E-state index contributed by atoms with van der Waals surface area (Å²) in [7, 11) is 0. The molecule has 13 heteroatoms. The van der Waals surface area contributed by atoms with E-state index < -0.39 is 11.7 Å². The number of aromatic nitrogens is 7. The van der Waals surface area contributed by atoms with Crippen molar-refractivity contribution in [2.45, 2.75) is 26.4 Å². The van der Waals surface area contributed by atoms with Gasteiger partial charge in [0.1, 0.15) is 16.6 Å². The average molecular weight is 775 g/mol. The van der Waals surface area contributed by atoms with E-state index in [1.807, 2.05) is 93.6 Å². The lowest BCUT2D eigenvalue weighted by atomic mass is 10.1. The van der Waals surface area contributed by atoms with Gasteiger partial charge >= 0.3 is 6.09 Å². The Kier molecular flexibility index (Phi) is 9.35. The molecule has 5 aromatic heterocycles. The van der Waals surface area contributed by atoms with Gasteiger partial charge in [-0.3, -0.25) is 4.98 Å². The fraction of sp³-hybridized carbons (Fsp3) is 0.118. The first kappa shape index (κ1) is 32.3. The molecule has 0 aliphatic rings. The molecule has 0 radical (unpaired) electrons. The third-order valence-electron chi connectivity index (χ3n) is 6.64. The lowest BCUT2D eigenvalue weighted by molar-refractivity contribution is 0.0597. The van der Waals surface area contributed by atoms with Crippen molar-refractivity contribution in [3.05, 3.63) is 124 Å². The minimum atomic E-state index is -0.670. The van der Waals surface area contributed by atoms with E-state index >= 15 is 0 Å². The van der Waals surface area contributed by atoms with Crippen LogP contribution in [0.4, 0.5) is 16.3 Å². The summed E-state index contributed by atoms with van der Waals surface area (Å²) in [6.07, 6.45) is 6.06. The van der Waals surface area contributed by atoms with E-state index in [0.717, 1.165) is 31.4 Å². The molecule has 0 aliphatic heterocycles. The fourth-order valence-corrected chi connectivity index (χ4v) is 5.54. The quantitative estimate of drug-likeness (QED) is 0.164. The maximum Gasteiger partial charge on any atom is 0.420 e. The van der Waals surface area contributed by atoms with Crippen LogP contribution in [0.5, 0.6) is 0 Å². The highest BCUT2D eigenvalue weighted by Gasteiger charge is 2.28. The topological polar surface area (TPSA) is 103 Å². The maximum absolute atomic E-state index is 13.3. The van der Waals surface area contributed by atoms with E-state index in [4.69, 9.17) is 21.3 Å². The van der Waals surface area contributed by atoms with Crippen LogP contribution < -0.4 is 4.90 Å². The molecule has 7 rings (SSSR count). The second-order valence-corrected chi connectivity index (χ2v) is 13.3. The number of halogens is 3. The summed E-state index contributed by atoms with van der Waals surface area (Å²) in [5.74, 6) is 0.492. The number of anilines is 2. The summed E-state index contributed by atoms with van der Waals surface area (Å²) in [4.78, 5) is 28.2. The molecule has 0 aliphatic carbocycles. The number of hydrogen-bond donors (Lipinski definition) is 0. The number of carbonyl (C=O) groups is 1. The molecule has 0 bridgehead atoms. The monoisotopic (exact) mass is 772 g/mol. The van der Waals surface area contributed by atoms with Crippen LogP contribution in [-0.2, 0) is 4.74 Å². The zero-order valence-electron chi connectivity index (χ0n) is 25.4. The minimum Gasteiger partial charge on any atom is -0.443 e. The van der Waals surface area contributed by atoms with Gasteiger partial charge in [-0.15, -0.1) is 0 Å². The van der Waals surface area contributed by atoms with Crippen molar-refractivity contribution < 1.29 is 9.53 Å². The molecule has 0 saturated heterocycles. The van der Waals surface area contributed by atoms with Crippen LogP contribution in [0.25, 0.3) is 33.8 Å². The number of amides is 1. The van der Waals surface area contributed by atoms with Crippen molar-refractivity contribution in [2.75, 3.05) is 4.90 Å². The van der Waals surface area contributed by atoms with Gasteiger partial charge in [-0.2, -0.15) is 14.7 Å². The zero-order valence-corrected chi connectivity index (χ0v) is 29.3. The van der Waals surface area contributed by atoms with Crippen molar-refractivity contribution in [1.82, 2.24) is 34.2 Å². The third kappa shape index (κ3) is 7.19. The average Bonchev–Trinajstić information content (AvgIpc) is 3.64. The molecule has 0 unspecified atom stereocenters. The SMILES string of the molecule is CC(C)(C)OC(=O)N(c1cccnc1)c1cc(-c2ccccc2)nc2c(Br)cnn12.Clc1cc(-c2ccccc2)nc2c(Br)cnn12. The number of benzene rings is 2. The Morgan fingerprint density at radius 2 is 1.32 bits per heavy atom. The number of nitrogens with zero attached hydrogens (tertiary/aromatic N) is 8. The first-order chi connectivity index (χ1) is 22.6. The molecule has 0 fully saturated rings. The van der Waals surface area contributed by atoms with E-state index in [9.17, 15) is 4.79 Å². The lowest BCUT2D eigenvalue weighted by Gasteiger charge is -2.27. The Morgan fingerprint density at radius 1 is 0.766 bits per heavy atom. The van der Waals surface area contributed by atoms with Crippen LogP contribution in [0, 0.1) is 0 Å². The summed E-state index contributed by atoms with van der Waals surface area (Å²) in [6, 6.07) is 26.9. The molecule has 1 amide bonds. The molecule has 236 valence electrons. The molecule has 47 heavy (non-hydrogen) atoms. The van der Waals surface area contributed by atoms with Crippen LogP contribution in [0.15, 0.2) is 119 Å². The Bertz CT molecular complexity index is 2170. The van der Waals surface area contributed by atoms with Crippen LogP contribution in [-0.4, -0.2) is 45.9 Å². The standard InChI is InChI=1S/C22H20BrN5O2.C12H7BrClN3/c1-22(2,3)30-21(29)27(16-10-7-11-24-13-16)19-12-18(15-8-5-4-6-9-15)26-20-17(23)14-25-28(19)20;13-9-7-15-17-11(14)6-10(16-12(9)17)8-4-2-1-3-5-8/h4-14H,1-3H3;1-7H. The Balaban J connectivity index is 0.000000191. The fourth-order valence-electron chi connectivity index (χ4n) is 4.62.